The van der Waals surface area contributed by atoms with Gasteiger partial charge in [-0.3, -0.25) is 0 Å². The zero-order valence-electron chi connectivity index (χ0n) is 17.6. The third kappa shape index (κ3) is 6.35. The number of nitrogens with one attached hydrogen (secondary N) is 1. The Kier molecular flexibility index (Phi) is 8.82. The van der Waals surface area contributed by atoms with Gasteiger partial charge in [-0.15, -0.1) is 0 Å². The van der Waals surface area contributed by atoms with E-state index >= 15 is 0 Å². The van der Waals surface area contributed by atoms with Crippen LogP contribution in [0.15, 0.2) is 42.6 Å². The van der Waals surface area contributed by atoms with Crippen molar-refractivity contribution in [2.45, 2.75) is 44.2 Å². The highest BCUT2D eigenvalue weighted by molar-refractivity contribution is 6.29. The number of nitrogens with zero attached hydrogens (tertiary/aromatic N) is 2. The molecular weight excluding hydrogens is 398 g/mol. The number of aldehydes is 1. The molecule has 1 aromatic carbocycles. The Morgan fingerprint density at radius 1 is 1.23 bits per heavy atom. The lowest BCUT2D eigenvalue weighted by Crippen LogP contribution is -2.42. The van der Waals surface area contributed by atoms with Crippen molar-refractivity contribution < 1.29 is 9.90 Å². The number of aromatic nitrogens is 1. The second-order valence-electron chi connectivity index (χ2n) is 8.20. The van der Waals surface area contributed by atoms with Crippen molar-refractivity contribution >= 4 is 17.9 Å². The van der Waals surface area contributed by atoms with Crippen LogP contribution in [0.1, 0.15) is 42.1 Å². The highest BCUT2D eigenvalue weighted by Gasteiger charge is 2.24. The van der Waals surface area contributed by atoms with Crippen molar-refractivity contribution in [3.63, 3.8) is 0 Å². The number of benzene rings is 1. The van der Waals surface area contributed by atoms with Crippen molar-refractivity contribution in [2.24, 2.45) is 5.92 Å². The maximum atomic E-state index is 10.4. The minimum atomic E-state index is -0.559. The Bertz CT molecular complexity index is 786. The first kappa shape index (κ1) is 22.9. The first-order chi connectivity index (χ1) is 14.6. The summed E-state index contributed by atoms with van der Waals surface area (Å²) in [6, 6.07) is 12.0. The topological polar surface area (TPSA) is 65.5 Å². The average Bonchev–Trinajstić information content (AvgIpc) is 3.41. The minimum absolute atomic E-state index is 0.0153. The maximum absolute atomic E-state index is 10.4. The van der Waals surface area contributed by atoms with Crippen molar-refractivity contribution in [1.29, 1.82) is 0 Å². The highest BCUT2D eigenvalue weighted by Crippen LogP contribution is 2.27. The summed E-state index contributed by atoms with van der Waals surface area (Å²) in [6.07, 6.45) is 7.52. The van der Waals surface area contributed by atoms with Gasteiger partial charge in [0.1, 0.15) is 11.4 Å². The van der Waals surface area contributed by atoms with Crippen molar-refractivity contribution in [2.75, 3.05) is 26.7 Å². The van der Waals surface area contributed by atoms with Gasteiger partial charge in [0, 0.05) is 25.2 Å². The van der Waals surface area contributed by atoms with Crippen LogP contribution in [0.2, 0.25) is 5.15 Å². The Morgan fingerprint density at radius 2 is 1.90 bits per heavy atom. The molecule has 0 spiro atoms. The van der Waals surface area contributed by atoms with E-state index < -0.39 is 6.10 Å². The van der Waals surface area contributed by atoms with Gasteiger partial charge in [-0.1, -0.05) is 35.9 Å². The third-order valence-corrected chi connectivity index (χ3v) is 6.27. The largest absolute Gasteiger partial charge is 0.387 e. The van der Waals surface area contributed by atoms with E-state index in [0.29, 0.717) is 17.5 Å². The molecule has 1 aliphatic carbocycles. The van der Waals surface area contributed by atoms with E-state index in [1.54, 1.807) is 12.3 Å². The molecule has 0 radical (unpaired) electrons. The van der Waals surface area contributed by atoms with Crippen LogP contribution in [0.5, 0.6) is 0 Å². The van der Waals surface area contributed by atoms with Crippen LogP contribution in [0.4, 0.5) is 0 Å². The lowest BCUT2D eigenvalue weighted by Gasteiger charge is -2.27. The normalized spacial score (nSPS) is 18.4. The van der Waals surface area contributed by atoms with E-state index in [-0.39, 0.29) is 6.04 Å². The molecule has 2 unspecified atom stereocenters. The van der Waals surface area contributed by atoms with Crippen LogP contribution in [0.3, 0.4) is 0 Å². The summed E-state index contributed by atoms with van der Waals surface area (Å²) in [5.74, 6) is 0.569. The number of likely N-dealkylation sites (N-methyl/N-ethyl adjacent to an activating group) is 1. The van der Waals surface area contributed by atoms with Crippen LogP contribution >= 0.6 is 11.6 Å². The van der Waals surface area contributed by atoms with Gasteiger partial charge < -0.3 is 20.1 Å². The van der Waals surface area contributed by atoms with Crippen molar-refractivity contribution in [3.8, 4) is 0 Å². The van der Waals surface area contributed by atoms with Crippen LogP contribution < -0.4 is 5.32 Å². The number of pyridine rings is 1. The van der Waals surface area contributed by atoms with Crippen molar-refractivity contribution in [3.05, 3.63) is 64.4 Å². The predicted molar refractivity (Wildman–Crippen MR) is 121 cm³/mol. The van der Waals surface area contributed by atoms with Crippen LogP contribution in [0, 0.1) is 5.92 Å². The fourth-order valence-corrected chi connectivity index (χ4v) is 4.56. The highest BCUT2D eigenvalue weighted by atomic mass is 35.5. The Hall–Kier alpha value is -1.79. The Labute approximate surface area is 184 Å². The second kappa shape index (κ2) is 11.6. The lowest BCUT2D eigenvalue weighted by atomic mass is 10.0. The van der Waals surface area contributed by atoms with Gasteiger partial charge in [-0.2, -0.15) is 0 Å². The van der Waals surface area contributed by atoms with Gasteiger partial charge >= 0.3 is 0 Å². The summed E-state index contributed by atoms with van der Waals surface area (Å²) >= 11 is 5.85. The molecule has 1 aliphatic heterocycles. The summed E-state index contributed by atoms with van der Waals surface area (Å²) < 4.78 is 0. The number of aliphatic hydroxyl groups is 1. The fourth-order valence-electron chi connectivity index (χ4n) is 4.38. The van der Waals surface area contributed by atoms with E-state index in [1.165, 1.54) is 24.0 Å². The van der Waals surface area contributed by atoms with E-state index in [2.05, 4.69) is 39.5 Å². The molecule has 5 nitrogen and oxygen atoms in total. The number of rotatable bonds is 7. The van der Waals surface area contributed by atoms with Crippen LogP contribution in [-0.2, 0) is 17.6 Å². The first-order valence-corrected chi connectivity index (χ1v) is 11.2. The quantitative estimate of drug-likeness (QED) is 0.521. The van der Waals surface area contributed by atoms with E-state index in [1.807, 2.05) is 13.1 Å². The molecule has 2 aromatic rings. The number of carbonyl (C=O) groups is 1. The van der Waals surface area contributed by atoms with Crippen molar-refractivity contribution in [1.82, 2.24) is 15.2 Å². The molecule has 30 heavy (non-hydrogen) atoms. The van der Waals surface area contributed by atoms with Gasteiger partial charge in [0.05, 0.1) is 6.10 Å². The van der Waals surface area contributed by atoms with Crippen LogP contribution in [0.25, 0.3) is 0 Å². The van der Waals surface area contributed by atoms with Gasteiger partial charge in [0.25, 0.3) is 0 Å². The number of aliphatic hydroxyl groups excluding tert-OH is 1. The standard InChI is InChI=1S/C13H20ClN3O.C11H12O/c1-15-11(9-17-6-2-3-7-17)13(18)10-4-5-16-12(14)8-10;12-6-5-9-7-10-3-1-2-4-11(10)8-9/h4-5,8,11,13,15,18H,2-3,6-7,9H2,1H3;1-4,6,9H,5,7-8H2. The summed E-state index contributed by atoms with van der Waals surface area (Å²) in [5.41, 5.74) is 3.68. The molecule has 162 valence electrons. The molecule has 2 heterocycles. The molecule has 1 fully saturated rings. The summed E-state index contributed by atoms with van der Waals surface area (Å²) in [4.78, 5) is 16.6. The zero-order chi connectivity index (χ0) is 21.3. The fraction of sp³-hybridized carbons (Fsp3) is 0.500. The molecule has 0 bridgehead atoms. The van der Waals surface area contributed by atoms with E-state index in [0.717, 1.165) is 44.3 Å². The minimum Gasteiger partial charge on any atom is -0.387 e. The SMILES string of the molecule is CNC(CN1CCCC1)C(O)c1ccnc(Cl)c1.O=CCC1Cc2ccccc2C1. The van der Waals surface area contributed by atoms with Gasteiger partial charge in [-0.05, 0) is 80.6 Å². The molecule has 0 amide bonds. The number of carbonyl (C=O) groups excluding carboxylic acids is 1. The number of hydrogen-bond acceptors (Lipinski definition) is 5. The summed E-state index contributed by atoms with van der Waals surface area (Å²) in [6.45, 7) is 3.11. The molecular formula is C24H32ClN3O2. The van der Waals surface area contributed by atoms with E-state index in [4.69, 9.17) is 11.6 Å². The van der Waals surface area contributed by atoms with Crippen LogP contribution in [-0.4, -0.2) is 54.0 Å². The average molecular weight is 430 g/mol. The molecule has 6 heteroatoms. The molecule has 1 saturated heterocycles. The van der Waals surface area contributed by atoms with Gasteiger partial charge in [0.15, 0.2) is 0 Å². The summed E-state index contributed by atoms with van der Waals surface area (Å²) in [5, 5.41) is 14.0. The monoisotopic (exact) mass is 429 g/mol. The second-order valence-corrected chi connectivity index (χ2v) is 8.59. The molecule has 2 aliphatic rings. The smallest absolute Gasteiger partial charge is 0.129 e. The number of likely N-dealkylation sites (tertiary alicyclic amines) is 1. The number of halogens is 1. The van der Waals surface area contributed by atoms with E-state index in [9.17, 15) is 9.90 Å². The Morgan fingerprint density at radius 3 is 2.47 bits per heavy atom. The number of fused-ring (bicyclic) bond motifs is 1. The first-order valence-electron chi connectivity index (χ1n) is 10.8. The van der Waals surface area contributed by atoms with Gasteiger partial charge in [0.2, 0.25) is 0 Å². The molecule has 0 saturated carbocycles. The maximum Gasteiger partial charge on any atom is 0.129 e. The Balaban J connectivity index is 0.000000184. The zero-order valence-corrected chi connectivity index (χ0v) is 18.4. The van der Waals surface area contributed by atoms with Gasteiger partial charge in [-0.25, -0.2) is 4.98 Å². The lowest BCUT2D eigenvalue weighted by molar-refractivity contribution is -0.108. The molecule has 1 aromatic heterocycles. The molecule has 4 rings (SSSR count). The number of hydrogen-bond donors (Lipinski definition) is 2. The molecule has 2 N–H and O–H groups in total. The summed E-state index contributed by atoms with van der Waals surface area (Å²) in [7, 11) is 1.88. The predicted octanol–water partition coefficient (Wildman–Crippen LogP) is 3.44. The molecule has 2 atom stereocenters. The third-order valence-electron chi connectivity index (χ3n) is 6.06.